The third-order valence-electron chi connectivity index (χ3n) is 2.28. The monoisotopic (exact) mass is 253 g/mol. The van der Waals surface area contributed by atoms with Crippen LogP contribution >= 0.6 is 0 Å². The van der Waals surface area contributed by atoms with Crippen molar-refractivity contribution in [2.75, 3.05) is 14.2 Å². The fraction of sp³-hybridized carbons (Fsp3) is 0.750. The van der Waals surface area contributed by atoms with Crippen molar-refractivity contribution in [1.82, 2.24) is 4.31 Å². The number of carbonyl (C=O) groups excluding carboxylic acids is 1. The lowest BCUT2D eigenvalue weighted by Gasteiger charge is -2.23. The van der Waals surface area contributed by atoms with Gasteiger partial charge in [0, 0.05) is 7.05 Å². The van der Waals surface area contributed by atoms with Gasteiger partial charge < -0.3 is 9.84 Å². The number of nitrogens with zero attached hydrogens (tertiary/aromatic N) is 1. The first-order chi connectivity index (χ1) is 7.16. The quantitative estimate of drug-likeness (QED) is 0.649. The Morgan fingerprint density at radius 1 is 1.31 bits per heavy atom. The number of carbonyl (C=O) groups is 2. The Morgan fingerprint density at radius 2 is 1.75 bits per heavy atom. The molecule has 16 heavy (non-hydrogen) atoms. The summed E-state index contributed by atoms with van der Waals surface area (Å²) in [5.41, 5.74) is 0. The molecule has 0 aliphatic carbocycles. The first kappa shape index (κ1) is 14.8. The number of esters is 1. The number of hydrogen-bond acceptors (Lipinski definition) is 5. The average Bonchev–Trinajstić information content (AvgIpc) is 2.24. The van der Waals surface area contributed by atoms with E-state index in [0.29, 0.717) is 4.31 Å². The molecule has 94 valence electrons. The number of rotatable bonds is 5. The van der Waals surface area contributed by atoms with Gasteiger partial charge in [0.2, 0.25) is 10.0 Å². The highest BCUT2D eigenvalue weighted by molar-refractivity contribution is 7.90. The van der Waals surface area contributed by atoms with Gasteiger partial charge in [-0.25, -0.2) is 8.42 Å². The zero-order valence-corrected chi connectivity index (χ0v) is 10.3. The topological polar surface area (TPSA) is 101 Å². The van der Waals surface area contributed by atoms with Gasteiger partial charge >= 0.3 is 11.9 Å². The van der Waals surface area contributed by atoms with E-state index in [0.717, 1.165) is 21.1 Å². The summed E-state index contributed by atoms with van der Waals surface area (Å²) in [5, 5.41) is 7.24. The Morgan fingerprint density at radius 3 is 2.06 bits per heavy atom. The van der Waals surface area contributed by atoms with E-state index in [4.69, 9.17) is 5.11 Å². The molecule has 0 aliphatic rings. The van der Waals surface area contributed by atoms with Crippen LogP contribution in [0.25, 0.3) is 0 Å². The van der Waals surface area contributed by atoms with Gasteiger partial charge in [-0.2, -0.15) is 4.31 Å². The van der Waals surface area contributed by atoms with Crippen LogP contribution in [0.5, 0.6) is 0 Å². The van der Waals surface area contributed by atoms with Crippen molar-refractivity contribution in [3.05, 3.63) is 0 Å². The van der Waals surface area contributed by atoms with Gasteiger partial charge in [-0.1, -0.05) is 0 Å². The molecular formula is C8H15NO6S. The highest BCUT2D eigenvalue weighted by Crippen LogP contribution is 2.12. The van der Waals surface area contributed by atoms with Crippen LogP contribution in [-0.4, -0.2) is 55.2 Å². The van der Waals surface area contributed by atoms with Crippen molar-refractivity contribution in [3.8, 4) is 0 Å². The molecule has 0 saturated carbocycles. The number of carboxylic acids is 1. The maximum absolute atomic E-state index is 11.7. The fourth-order valence-electron chi connectivity index (χ4n) is 0.913. The predicted molar refractivity (Wildman–Crippen MR) is 55.3 cm³/mol. The van der Waals surface area contributed by atoms with Gasteiger partial charge in [0.05, 0.1) is 7.11 Å². The van der Waals surface area contributed by atoms with Crippen LogP contribution < -0.4 is 0 Å². The van der Waals surface area contributed by atoms with E-state index in [1.807, 2.05) is 0 Å². The Bertz CT molecular complexity index is 376. The summed E-state index contributed by atoms with van der Waals surface area (Å²) in [6.07, 6.45) is 0. The summed E-state index contributed by atoms with van der Waals surface area (Å²) >= 11 is 0. The van der Waals surface area contributed by atoms with E-state index in [9.17, 15) is 18.0 Å². The summed E-state index contributed by atoms with van der Waals surface area (Å²) in [6, 6.07) is -1.24. The molecule has 0 radical (unpaired) electrons. The van der Waals surface area contributed by atoms with E-state index in [1.165, 1.54) is 6.92 Å². The van der Waals surface area contributed by atoms with E-state index < -0.39 is 33.3 Å². The number of ether oxygens (including phenoxy) is 1. The smallest absolute Gasteiger partial charge is 0.325 e. The molecule has 0 amide bonds. The number of sulfonamides is 1. The molecule has 0 bridgehead atoms. The molecule has 0 rings (SSSR count). The molecule has 7 nitrogen and oxygen atoms in total. The molecule has 1 N–H and O–H groups in total. The number of carboxylic acid groups (broad SMARTS) is 1. The second-order valence-electron chi connectivity index (χ2n) is 3.24. The van der Waals surface area contributed by atoms with E-state index in [1.54, 1.807) is 0 Å². The largest absolute Gasteiger partial charge is 0.480 e. The molecule has 0 fully saturated rings. The molecule has 0 saturated heterocycles. The molecular weight excluding hydrogens is 238 g/mol. The SMILES string of the molecule is COC(=O)C(C)S(=O)(=O)N(C)C(C)C(=O)O. The maximum Gasteiger partial charge on any atom is 0.325 e. The van der Waals surface area contributed by atoms with Crippen molar-refractivity contribution in [2.24, 2.45) is 0 Å². The van der Waals surface area contributed by atoms with Gasteiger partial charge in [-0.15, -0.1) is 0 Å². The molecule has 2 atom stereocenters. The summed E-state index contributed by atoms with van der Waals surface area (Å²) in [7, 11) is -1.85. The predicted octanol–water partition coefficient (Wildman–Crippen LogP) is -0.717. The van der Waals surface area contributed by atoms with E-state index in [2.05, 4.69) is 4.74 Å². The van der Waals surface area contributed by atoms with Crippen molar-refractivity contribution >= 4 is 22.0 Å². The second-order valence-corrected chi connectivity index (χ2v) is 5.55. The molecule has 0 spiro atoms. The maximum atomic E-state index is 11.7. The average molecular weight is 253 g/mol. The van der Waals surface area contributed by atoms with Gasteiger partial charge in [0.1, 0.15) is 6.04 Å². The number of hydrogen-bond donors (Lipinski definition) is 1. The molecule has 0 heterocycles. The summed E-state index contributed by atoms with van der Waals surface area (Å²) < 4.78 is 28.4. The fourth-order valence-corrected chi connectivity index (χ4v) is 2.28. The van der Waals surface area contributed by atoms with E-state index >= 15 is 0 Å². The van der Waals surface area contributed by atoms with Crippen LogP contribution in [0.2, 0.25) is 0 Å². The molecule has 0 aromatic heterocycles. The minimum absolute atomic E-state index is 0.636. The molecule has 2 unspecified atom stereocenters. The highest BCUT2D eigenvalue weighted by Gasteiger charge is 2.36. The Hall–Kier alpha value is -1.15. The molecule has 0 aliphatic heterocycles. The lowest BCUT2D eigenvalue weighted by atomic mass is 10.4. The molecule has 0 aromatic carbocycles. The Kier molecular flexibility index (Phi) is 4.88. The van der Waals surface area contributed by atoms with Gasteiger partial charge in [0.15, 0.2) is 5.25 Å². The minimum atomic E-state index is -4.02. The molecule has 8 heteroatoms. The summed E-state index contributed by atoms with van der Waals surface area (Å²) in [6.45, 7) is 2.36. The third kappa shape index (κ3) is 2.92. The lowest BCUT2D eigenvalue weighted by molar-refractivity contribution is -0.142. The normalized spacial score (nSPS) is 15.6. The van der Waals surface area contributed by atoms with Crippen molar-refractivity contribution in [3.63, 3.8) is 0 Å². The van der Waals surface area contributed by atoms with Gasteiger partial charge in [-0.05, 0) is 13.8 Å². The number of likely N-dealkylation sites (N-methyl/N-ethyl adjacent to an activating group) is 1. The van der Waals surface area contributed by atoms with Crippen molar-refractivity contribution in [1.29, 1.82) is 0 Å². The minimum Gasteiger partial charge on any atom is -0.480 e. The Balaban J connectivity index is 5.07. The highest BCUT2D eigenvalue weighted by atomic mass is 32.2. The summed E-state index contributed by atoms with van der Waals surface area (Å²) in [5.74, 6) is -2.22. The van der Waals surface area contributed by atoms with Gasteiger partial charge in [-0.3, -0.25) is 9.59 Å². The second kappa shape index (κ2) is 5.26. The zero-order valence-electron chi connectivity index (χ0n) is 9.50. The zero-order chi connectivity index (χ0) is 13.1. The summed E-state index contributed by atoms with van der Waals surface area (Å²) in [4.78, 5) is 21.7. The number of aliphatic carboxylic acids is 1. The van der Waals surface area contributed by atoms with Crippen LogP contribution in [0.4, 0.5) is 0 Å². The van der Waals surface area contributed by atoms with Crippen molar-refractivity contribution < 1.29 is 27.9 Å². The first-order valence-corrected chi connectivity index (χ1v) is 5.94. The standard InChI is InChI=1S/C8H15NO6S/c1-5(7(10)11)9(3)16(13,14)6(2)8(12)15-4/h5-6H,1-4H3,(H,10,11). The van der Waals surface area contributed by atoms with Crippen molar-refractivity contribution in [2.45, 2.75) is 25.1 Å². The number of methoxy groups -OCH3 is 1. The third-order valence-corrected chi connectivity index (χ3v) is 4.49. The van der Waals surface area contributed by atoms with Crippen LogP contribution in [0.3, 0.4) is 0 Å². The van der Waals surface area contributed by atoms with Crippen LogP contribution in [0.15, 0.2) is 0 Å². The Labute approximate surface area is 94.0 Å². The van der Waals surface area contributed by atoms with Crippen LogP contribution in [0.1, 0.15) is 13.8 Å². The van der Waals surface area contributed by atoms with Gasteiger partial charge in [0.25, 0.3) is 0 Å². The molecule has 0 aromatic rings. The van der Waals surface area contributed by atoms with E-state index in [-0.39, 0.29) is 0 Å². The van der Waals surface area contributed by atoms with Crippen LogP contribution in [0, 0.1) is 0 Å². The van der Waals surface area contributed by atoms with Crippen LogP contribution in [-0.2, 0) is 24.3 Å². The first-order valence-electron chi connectivity index (χ1n) is 4.43. The lowest BCUT2D eigenvalue weighted by Crippen LogP contribution is -2.46.